The fourth-order valence-electron chi connectivity index (χ4n) is 4.53. The molecule has 1 fully saturated rings. The van der Waals surface area contributed by atoms with E-state index in [1.807, 2.05) is 0 Å². The van der Waals surface area contributed by atoms with Gasteiger partial charge in [-0.2, -0.15) is 0 Å². The number of benzene rings is 1. The Morgan fingerprint density at radius 2 is 2.17 bits per heavy atom. The van der Waals surface area contributed by atoms with Crippen LogP contribution in [0.1, 0.15) is 36.8 Å². The van der Waals surface area contributed by atoms with E-state index in [0.717, 1.165) is 32.2 Å². The lowest BCUT2D eigenvalue weighted by Gasteiger charge is -2.29. The maximum absolute atomic E-state index is 5.46. The Hall–Kier alpha value is -1.84. The second kappa shape index (κ2) is 5.91. The van der Waals surface area contributed by atoms with Gasteiger partial charge in [0.2, 0.25) is 0 Å². The van der Waals surface area contributed by atoms with Crippen LogP contribution in [0.5, 0.6) is 0 Å². The number of nitrogens with zero attached hydrogens (tertiary/aromatic N) is 1. The maximum atomic E-state index is 5.46. The van der Waals surface area contributed by atoms with Crippen LogP contribution in [0.15, 0.2) is 36.5 Å². The van der Waals surface area contributed by atoms with Crippen LogP contribution in [0, 0.1) is 0 Å². The molecule has 0 spiro atoms. The van der Waals surface area contributed by atoms with Gasteiger partial charge in [-0.1, -0.05) is 18.2 Å². The van der Waals surface area contributed by atoms with Crippen molar-refractivity contribution in [3.8, 4) is 0 Å². The Labute approximate surface area is 143 Å². The van der Waals surface area contributed by atoms with E-state index < -0.39 is 0 Å². The van der Waals surface area contributed by atoms with Crippen LogP contribution in [0.2, 0.25) is 0 Å². The second-order valence-corrected chi connectivity index (χ2v) is 7.24. The molecule has 3 nitrogen and oxygen atoms in total. The third-order valence-corrected chi connectivity index (χ3v) is 5.89. The van der Waals surface area contributed by atoms with E-state index in [-0.39, 0.29) is 0 Å². The normalized spacial score (nSPS) is 24.8. The summed E-state index contributed by atoms with van der Waals surface area (Å²) in [4.78, 5) is 6.11. The van der Waals surface area contributed by atoms with Gasteiger partial charge in [0.15, 0.2) is 0 Å². The standard InChI is InChI=1S/C21H24N2O/c1-2-18-12-17(5-9-23(18)8-1)20-14-22-21-4-3-16(13-19(20)21)15-6-10-24-11-7-15/h3-6,13-14,18,22H,1-2,7-12H2. The number of aromatic amines is 1. The SMILES string of the molecule is C1=C(c2ccc3[nH]cc(C4=CCN5CCCC5C4)c3c2)CCOC1. The highest BCUT2D eigenvalue weighted by Crippen LogP contribution is 2.36. The van der Waals surface area contributed by atoms with E-state index in [2.05, 4.69) is 46.4 Å². The van der Waals surface area contributed by atoms with E-state index >= 15 is 0 Å². The first kappa shape index (κ1) is 14.5. The first-order valence-electron chi connectivity index (χ1n) is 9.20. The molecule has 3 aliphatic heterocycles. The first-order valence-corrected chi connectivity index (χ1v) is 9.20. The van der Waals surface area contributed by atoms with E-state index in [1.165, 1.54) is 59.0 Å². The van der Waals surface area contributed by atoms with Crippen molar-refractivity contribution < 1.29 is 4.74 Å². The monoisotopic (exact) mass is 320 g/mol. The fourth-order valence-corrected chi connectivity index (χ4v) is 4.53. The number of aromatic nitrogens is 1. The molecule has 3 heteroatoms. The molecular weight excluding hydrogens is 296 g/mol. The Balaban J connectivity index is 1.53. The molecule has 1 saturated heterocycles. The van der Waals surface area contributed by atoms with Crippen LogP contribution < -0.4 is 0 Å². The number of nitrogens with one attached hydrogen (secondary N) is 1. The van der Waals surface area contributed by atoms with Crippen molar-refractivity contribution in [3.05, 3.63) is 47.7 Å². The van der Waals surface area contributed by atoms with Crippen LogP contribution in [0.25, 0.3) is 22.0 Å². The van der Waals surface area contributed by atoms with Gasteiger partial charge >= 0.3 is 0 Å². The highest BCUT2D eigenvalue weighted by Gasteiger charge is 2.28. The Kier molecular flexibility index (Phi) is 3.57. The van der Waals surface area contributed by atoms with Gasteiger partial charge in [-0.15, -0.1) is 0 Å². The van der Waals surface area contributed by atoms with E-state index in [4.69, 9.17) is 4.74 Å². The zero-order chi connectivity index (χ0) is 15.9. The minimum atomic E-state index is 0.746. The summed E-state index contributed by atoms with van der Waals surface area (Å²) in [5.74, 6) is 0. The second-order valence-electron chi connectivity index (χ2n) is 7.24. The molecule has 1 N–H and O–H groups in total. The van der Waals surface area contributed by atoms with Crippen LogP contribution in [-0.2, 0) is 4.74 Å². The Morgan fingerprint density at radius 1 is 1.17 bits per heavy atom. The van der Waals surface area contributed by atoms with Gasteiger partial charge in [0.05, 0.1) is 13.2 Å². The van der Waals surface area contributed by atoms with Gasteiger partial charge < -0.3 is 9.72 Å². The zero-order valence-corrected chi connectivity index (χ0v) is 14.1. The minimum Gasteiger partial charge on any atom is -0.377 e. The van der Waals surface area contributed by atoms with E-state index in [9.17, 15) is 0 Å². The minimum absolute atomic E-state index is 0.746. The Bertz CT molecular complexity index is 829. The summed E-state index contributed by atoms with van der Waals surface area (Å²) in [5, 5.41) is 1.37. The summed E-state index contributed by atoms with van der Waals surface area (Å²) in [6, 6.07) is 7.61. The predicted molar refractivity (Wildman–Crippen MR) is 98.9 cm³/mol. The van der Waals surface area contributed by atoms with Gasteiger partial charge in [-0.05, 0) is 61.1 Å². The summed E-state index contributed by atoms with van der Waals surface area (Å²) in [6.07, 6.45) is 11.8. The number of H-pyrrole nitrogens is 1. The first-order chi connectivity index (χ1) is 11.9. The van der Waals surface area contributed by atoms with Crippen molar-refractivity contribution in [2.45, 2.75) is 31.7 Å². The average molecular weight is 320 g/mol. The lowest BCUT2D eigenvalue weighted by atomic mass is 9.92. The molecule has 5 rings (SSSR count). The molecule has 0 amide bonds. The van der Waals surface area contributed by atoms with Crippen molar-refractivity contribution in [1.82, 2.24) is 9.88 Å². The molecule has 0 saturated carbocycles. The average Bonchev–Trinajstić information content (AvgIpc) is 3.27. The van der Waals surface area contributed by atoms with Crippen molar-refractivity contribution in [1.29, 1.82) is 0 Å². The van der Waals surface area contributed by atoms with Crippen molar-refractivity contribution in [2.24, 2.45) is 0 Å². The fraction of sp³-hybridized carbons (Fsp3) is 0.429. The van der Waals surface area contributed by atoms with E-state index in [0.29, 0.717) is 0 Å². The van der Waals surface area contributed by atoms with Crippen LogP contribution in [0.3, 0.4) is 0 Å². The molecule has 1 aromatic heterocycles. The van der Waals surface area contributed by atoms with Crippen LogP contribution >= 0.6 is 0 Å². The molecule has 1 unspecified atom stereocenters. The summed E-state index contributed by atoms with van der Waals surface area (Å²) in [5.41, 5.74) is 6.96. The van der Waals surface area contributed by atoms with Gasteiger partial charge in [0.25, 0.3) is 0 Å². The molecule has 1 aromatic carbocycles. The van der Waals surface area contributed by atoms with Crippen molar-refractivity contribution in [3.63, 3.8) is 0 Å². The van der Waals surface area contributed by atoms with Gasteiger partial charge in [0.1, 0.15) is 0 Å². The predicted octanol–water partition coefficient (Wildman–Crippen LogP) is 4.22. The lowest BCUT2D eigenvalue weighted by molar-refractivity contribution is 0.161. The van der Waals surface area contributed by atoms with Gasteiger partial charge in [0, 0.05) is 35.2 Å². The number of hydrogen-bond donors (Lipinski definition) is 1. The molecule has 24 heavy (non-hydrogen) atoms. The van der Waals surface area contributed by atoms with Gasteiger partial charge in [-0.3, -0.25) is 4.90 Å². The van der Waals surface area contributed by atoms with Crippen molar-refractivity contribution in [2.75, 3.05) is 26.3 Å². The van der Waals surface area contributed by atoms with Crippen LogP contribution in [0.4, 0.5) is 0 Å². The molecule has 124 valence electrons. The third kappa shape index (κ3) is 2.43. The summed E-state index contributed by atoms with van der Waals surface area (Å²) in [7, 11) is 0. The largest absolute Gasteiger partial charge is 0.377 e. The Morgan fingerprint density at radius 3 is 3.08 bits per heavy atom. The number of rotatable bonds is 2. The van der Waals surface area contributed by atoms with Crippen molar-refractivity contribution >= 4 is 22.0 Å². The molecule has 4 heterocycles. The smallest absolute Gasteiger partial charge is 0.0653 e. The van der Waals surface area contributed by atoms with Gasteiger partial charge in [-0.25, -0.2) is 0 Å². The highest BCUT2D eigenvalue weighted by molar-refractivity contribution is 5.95. The summed E-state index contributed by atoms with van der Waals surface area (Å²) in [6.45, 7) is 3.99. The maximum Gasteiger partial charge on any atom is 0.0653 e. The lowest BCUT2D eigenvalue weighted by Crippen LogP contribution is -2.32. The molecule has 3 aliphatic rings. The molecule has 2 aromatic rings. The topological polar surface area (TPSA) is 28.3 Å². The zero-order valence-electron chi connectivity index (χ0n) is 14.1. The summed E-state index contributed by atoms with van der Waals surface area (Å²) >= 11 is 0. The number of hydrogen-bond acceptors (Lipinski definition) is 2. The third-order valence-electron chi connectivity index (χ3n) is 5.89. The molecule has 0 radical (unpaired) electrons. The quantitative estimate of drug-likeness (QED) is 0.897. The number of ether oxygens (including phenoxy) is 1. The molecule has 1 atom stereocenters. The molecule has 0 aliphatic carbocycles. The highest BCUT2D eigenvalue weighted by atomic mass is 16.5. The van der Waals surface area contributed by atoms with Crippen LogP contribution in [-0.4, -0.2) is 42.2 Å². The summed E-state index contributed by atoms with van der Waals surface area (Å²) < 4.78 is 5.46. The number of fused-ring (bicyclic) bond motifs is 2. The molecular formula is C21H24N2O. The van der Waals surface area contributed by atoms with E-state index in [1.54, 1.807) is 0 Å². The molecule has 0 bridgehead atoms.